The summed E-state index contributed by atoms with van der Waals surface area (Å²) in [5, 5.41) is 16.2. The standard InChI is InChI=1S/C20H16Cl2N2O3/c1-12(27-17-7-6-13-4-2-3-5-14(13)9-17)20(26)24-23-11-15-8-16(21)10-18(22)19(15)25/h2-12,25H,1H3,(H,24,26). The summed E-state index contributed by atoms with van der Waals surface area (Å²) in [4.78, 5) is 12.2. The Hall–Kier alpha value is -2.76. The monoisotopic (exact) mass is 402 g/mol. The molecule has 5 nitrogen and oxygen atoms in total. The normalized spacial score (nSPS) is 12.3. The molecule has 0 aliphatic rings. The van der Waals surface area contributed by atoms with Gasteiger partial charge in [-0.3, -0.25) is 4.79 Å². The van der Waals surface area contributed by atoms with Crippen LogP contribution in [0.4, 0.5) is 0 Å². The van der Waals surface area contributed by atoms with Gasteiger partial charge >= 0.3 is 0 Å². The Bertz CT molecular complexity index is 1020. The maximum absolute atomic E-state index is 12.2. The molecule has 2 N–H and O–H groups in total. The van der Waals surface area contributed by atoms with E-state index in [4.69, 9.17) is 27.9 Å². The summed E-state index contributed by atoms with van der Waals surface area (Å²) in [5.41, 5.74) is 2.65. The lowest BCUT2D eigenvalue weighted by Crippen LogP contribution is -2.33. The number of hydrazone groups is 1. The van der Waals surface area contributed by atoms with Gasteiger partial charge in [-0.15, -0.1) is 0 Å². The third kappa shape index (κ3) is 4.70. The number of nitrogens with zero attached hydrogens (tertiary/aromatic N) is 1. The molecule has 1 atom stereocenters. The first-order valence-electron chi connectivity index (χ1n) is 8.10. The zero-order valence-electron chi connectivity index (χ0n) is 14.3. The van der Waals surface area contributed by atoms with Gasteiger partial charge in [-0.1, -0.05) is 53.5 Å². The maximum atomic E-state index is 12.2. The first-order chi connectivity index (χ1) is 12.9. The number of nitrogens with one attached hydrogen (secondary N) is 1. The first-order valence-corrected chi connectivity index (χ1v) is 8.86. The number of phenolic OH excluding ortho intramolecular Hbond substituents is 1. The van der Waals surface area contributed by atoms with Crippen LogP contribution in [0.15, 0.2) is 59.7 Å². The van der Waals surface area contributed by atoms with Gasteiger partial charge < -0.3 is 9.84 Å². The molecule has 0 aliphatic carbocycles. The summed E-state index contributed by atoms with van der Waals surface area (Å²) in [6.45, 7) is 1.62. The molecule has 3 aromatic rings. The van der Waals surface area contributed by atoms with Crippen molar-refractivity contribution >= 4 is 46.1 Å². The van der Waals surface area contributed by atoms with Gasteiger partial charge in [-0.05, 0) is 42.0 Å². The van der Waals surface area contributed by atoms with Gasteiger partial charge in [0.05, 0.1) is 11.2 Å². The molecular weight excluding hydrogens is 387 g/mol. The molecule has 0 saturated heterocycles. The predicted molar refractivity (Wildman–Crippen MR) is 108 cm³/mol. The van der Waals surface area contributed by atoms with Crippen LogP contribution >= 0.6 is 23.2 Å². The average molecular weight is 403 g/mol. The van der Waals surface area contributed by atoms with Crippen LogP contribution in [0.2, 0.25) is 10.0 Å². The van der Waals surface area contributed by atoms with Crippen molar-refractivity contribution in [2.45, 2.75) is 13.0 Å². The molecule has 1 amide bonds. The molecule has 0 spiro atoms. The Balaban J connectivity index is 1.63. The van der Waals surface area contributed by atoms with Crippen molar-refractivity contribution in [1.29, 1.82) is 0 Å². The van der Waals surface area contributed by atoms with Crippen molar-refractivity contribution in [3.05, 3.63) is 70.2 Å². The summed E-state index contributed by atoms with van der Waals surface area (Å²) < 4.78 is 5.67. The fraction of sp³-hybridized carbons (Fsp3) is 0.100. The Morgan fingerprint density at radius 3 is 2.67 bits per heavy atom. The number of ether oxygens (including phenoxy) is 1. The van der Waals surface area contributed by atoms with Gasteiger partial charge in [0.2, 0.25) is 0 Å². The zero-order chi connectivity index (χ0) is 19.4. The second kappa shape index (κ2) is 8.29. The topological polar surface area (TPSA) is 70.9 Å². The molecule has 0 aliphatic heterocycles. The van der Waals surface area contributed by atoms with Crippen LogP contribution in [-0.4, -0.2) is 23.3 Å². The van der Waals surface area contributed by atoms with E-state index >= 15 is 0 Å². The Morgan fingerprint density at radius 1 is 1.15 bits per heavy atom. The number of hydrogen-bond acceptors (Lipinski definition) is 4. The Morgan fingerprint density at radius 2 is 1.89 bits per heavy atom. The number of phenols is 1. The molecule has 3 rings (SSSR count). The molecule has 27 heavy (non-hydrogen) atoms. The Labute approximate surface area is 166 Å². The van der Waals surface area contributed by atoms with Crippen molar-refractivity contribution in [3.8, 4) is 11.5 Å². The van der Waals surface area contributed by atoms with E-state index in [1.54, 1.807) is 13.0 Å². The van der Waals surface area contributed by atoms with Crippen LogP contribution < -0.4 is 10.2 Å². The van der Waals surface area contributed by atoms with E-state index in [-0.39, 0.29) is 16.3 Å². The van der Waals surface area contributed by atoms with Crippen molar-refractivity contribution in [1.82, 2.24) is 5.43 Å². The summed E-state index contributed by atoms with van der Waals surface area (Å²) in [6, 6.07) is 16.4. The van der Waals surface area contributed by atoms with Crippen LogP contribution in [0.25, 0.3) is 10.8 Å². The number of benzene rings is 3. The molecule has 138 valence electrons. The first kappa shape index (κ1) is 19.0. The lowest BCUT2D eigenvalue weighted by molar-refractivity contribution is -0.127. The van der Waals surface area contributed by atoms with E-state index in [1.807, 2.05) is 36.4 Å². The third-order valence-electron chi connectivity index (χ3n) is 3.84. The number of aromatic hydroxyl groups is 1. The number of amides is 1. The van der Waals surface area contributed by atoms with Crippen molar-refractivity contribution < 1.29 is 14.6 Å². The van der Waals surface area contributed by atoms with Crippen molar-refractivity contribution in [3.63, 3.8) is 0 Å². The van der Waals surface area contributed by atoms with Gasteiger partial charge in [0, 0.05) is 10.6 Å². The molecular formula is C20H16Cl2N2O3. The number of carbonyl (C=O) groups excluding carboxylic acids is 1. The SMILES string of the molecule is CC(Oc1ccc2ccccc2c1)C(=O)NN=Cc1cc(Cl)cc(Cl)c1O. The average Bonchev–Trinajstić information content (AvgIpc) is 2.65. The second-order valence-corrected chi connectivity index (χ2v) is 6.67. The molecule has 7 heteroatoms. The minimum atomic E-state index is -0.764. The maximum Gasteiger partial charge on any atom is 0.280 e. The smallest absolute Gasteiger partial charge is 0.280 e. The van der Waals surface area contributed by atoms with E-state index in [2.05, 4.69) is 10.5 Å². The highest BCUT2D eigenvalue weighted by molar-refractivity contribution is 6.36. The van der Waals surface area contributed by atoms with Crippen LogP contribution in [0.1, 0.15) is 12.5 Å². The number of carbonyl (C=O) groups is 1. The largest absolute Gasteiger partial charge is 0.506 e. The van der Waals surface area contributed by atoms with Crippen molar-refractivity contribution in [2.75, 3.05) is 0 Å². The van der Waals surface area contributed by atoms with E-state index in [0.29, 0.717) is 10.8 Å². The fourth-order valence-electron chi connectivity index (χ4n) is 2.44. The summed E-state index contributed by atoms with van der Waals surface area (Å²) in [5.74, 6) is -0.0221. The highest BCUT2D eigenvalue weighted by Crippen LogP contribution is 2.30. The third-order valence-corrected chi connectivity index (χ3v) is 4.35. The highest BCUT2D eigenvalue weighted by Gasteiger charge is 2.14. The number of rotatable bonds is 5. The van der Waals surface area contributed by atoms with Crippen LogP contribution in [0.3, 0.4) is 0 Å². The van der Waals surface area contributed by atoms with Crippen LogP contribution in [0.5, 0.6) is 11.5 Å². The summed E-state index contributed by atoms with van der Waals surface area (Å²) in [6.07, 6.45) is 0.494. The van der Waals surface area contributed by atoms with Gasteiger partial charge in [-0.2, -0.15) is 5.10 Å². The van der Waals surface area contributed by atoms with Crippen LogP contribution in [-0.2, 0) is 4.79 Å². The van der Waals surface area contributed by atoms with Crippen molar-refractivity contribution in [2.24, 2.45) is 5.10 Å². The summed E-state index contributed by atoms with van der Waals surface area (Å²) >= 11 is 11.7. The number of halogens is 2. The number of fused-ring (bicyclic) bond motifs is 1. The van der Waals surface area contributed by atoms with Gasteiger partial charge in [0.15, 0.2) is 6.10 Å². The van der Waals surface area contributed by atoms with E-state index in [9.17, 15) is 9.90 Å². The van der Waals surface area contributed by atoms with E-state index in [1.165, 1.54) is 18.3 Å². The quantitative estimate of drug-likeness (QED) is 0.476. The second-order valence-electron chi connectivity index (χ2n) is 5.83. The molecule has 3 aromatic carbocycles. The zero-order valence-corrected chi connectivity index (χ0v) is 15.8. The minimum absolute atomic E-state index is 0.100. The van der Waals surface area contributed by atoms with Gasteiger partial charge in [0.25, 0.3) is 5.91 Å². The van der Waals surface area contributed by atoms with E-state index in [0.717, 1.165) is 10.8 Å². The lowest BCUT2D eigenvalue weighted by atomic mass is 10.1. The molecule has 0 radical (unpaired) electrons. The minimum Gasteiger partial charge on any atom is -0.506 e. The van der Waals surface area contributed by atoms with Gasteiger partial charge in [-0.25, -0.2) is 5.43 Å². The molecule has 0 fully saturated rings. The number of hydrogen-bond donors (Lipinski definition) is 2. The predicted octanol–water partition coefficient (Wildman–Crippen LogP) is 4.77. The molecule has 0 bridgehead atoms. The van der Waals surface area contributed by atoms with E-state index < -0.39 is 12.0 Å². The van der Waals surface area contributed by atoms with Crippen LogP contribution in [0, 0.1) is 0 Å². The molecule has 0 aromatic heterocycles. The molecule has 0 saturated carbocycles. The van der Waals surface area contributed by atoms with Gasteiger partial charge in [0.1, 0.15) is 11.5 Å². The molecule has 1 unspecified atom stereocenters. The summed E-state index contributed by atoms with van der Waals surface area (Å²) in [7, 11) is 0. The molecule has 0 heterocycles. The highest BCUT2D eigenvalue weighted by atomic mass is 35.5. The fourth-order valence-corrected chi connectivity index (χ4v) is 2.95. The lowest BCUT2D eigenvalue weighted by Gasteiger charge is -2.13. The Kier molecular flexibility index (Phi) is 5.84.